The molecule has 0 aliphatic heterocycles. The molecule has 3 aromatic carbocycles. The van der Waals surface area contributed by atoms with Crippen molar-refractivity contribution in [3.63, 3.8) is 0 Å². The quantitative estimate of drug-likeness (QED) is 0.241. The second-order valence-corrected chi connectivity index (χ2v) is 9.13. The van der Waals surface area contributed by atoms with Gasteiger partial charge in [-0.2, -0.15) is 0 Å². The second-order valence-electron chi connectivity index (χ2n) is 9.13. The monoisotopic (exact) mass is 495 g/mol. The first kappa shape index (κ1) is 24.3. The number of phenols is 1. The Morgan fingerprint density at radius 1 is 1.03 bits per heavy atom. The van der Waals surface area contributed by atoms with Crippen LogP contribution in [-0.2, 0) is 11.4 Å². The van der Waals surface area contributed by atoms with E-state index < -0.39 is 6.10 Å². The third-order valence-electron chi connectivity index (χ3n) is 6.58. The molecule has 0 saturated carbocycles. The Balaban J connectivity index is 1.77. The van der Waals surface area contributed by atoms with Crippen LogP contribution < -0.4 is 9.47 Å². The van der Waals surface area contributed by atoms with Crippen LogP contribution in [0, 0.1) is 12.3 Å². The predicted octanol–water partition coefficient (Wildman–Crippen LogP) is 5.05. The summed E-state index contributed by atoms with van der Waals surface area (Å²) in [5.74, 6) is 4.14. The Kier molecular flexibility index (Phi) is 6.51. The Morgan fingerprint density at radius 2 is 1.81 bits per heavy atom. The Bertz CT molecular complexity index is 1530. The van der Waals surface area contributed by atoms with Crippen LogP contribution in [0.15, 0.2) is 65.8 Å². The summed E-state index contributed by atoms with van der Waals surface area (Å²) in [6, 6.07) is 18.8. The highest BCUT2D eigenvalue weighted by Crippen LogP contribution is 2.48. The van der Waals surface area contributed by atoms with Crippen LogP contribution in [0.2, 0.25) is 0 Å². The largest absolute Gasteiger partial charge is 0.508 e. The van der Waals surface area contributed by atoms with Crippen molar-refractivity contribution < 1.29 is 19.4 Å². The maximum absolute atomic E-state index is 10.4. The van der Waals surface area contributed by atoms with Crippen molar-refractivity contribution in [2.75, 3.05) is 34.9 Å². The third-order valence-corrected chi connectivity index (χ3v) is 6.58. The average molecular weight is 496 g/mol. The standard InChI is InChI=1S/C30H29N3O4/c1-6-25(19-10-8-7-9-11-19)37-31-29-27-23(17-21(35-4)18-26(27)36-5)30-28(29)22-16-20(34)12-13-24(22)33(30)15-14-32(2)3/h1,7-13,16-18,25,34H,14-15H2,2-5H3/b31-29+. The number of aromatic hydroxyl groups is 1. The van der Waals surface area contributed by atoms with Crippen molar-refractivity contribution in [3.05, 3.63) is 77.4 Å². The van der Waals surface area contributed by atoms with Crippen molar-refractivity contribution >= 4 is 16.6 Å². The van der Waals surface area contributed by atoms with E-state index in [0.717, 1.165) is 51.9 Å². The van der Waals surface area contributed by atoms with Gasteiger partial charge in [0.1, 0.15) is 23.0 Å². The van der Waals surface area contributed by atoms with E-state index in [1.165, 1.54) is 0 Å². The van der Waals surface area contributed by atoms with Crippen LogP contribution in [0.1, 0.15) is 22.8 Å². The van der Waals surface area contributed by atoms with Crippen LogP contribution >= 0.6 is 0 Å². The molecule has 37 heavy (non-hydrogen) atoms. The molecule has 188 valence electrons. The number of hydrogen-bond acceptors (Lipinski definition) is 6. The van der Waals surface area contributed by atoms with Gasteiger partial charge in [0, 0.05) is 46.7 Å². The van der Waals surface area contributed by atoms with E-state index in [1.54, 1.807) is 26.4 Å². The summed E-state index contributed by atoms with van der Waals surface area (Å²) < 4.78 is 13.7. The molecule has 0 bridgehead atoms. The minimum Gasteiger partial charge on any atom is -0.508 e. The molecule has 0 spiro atoms. The van der Waals surface area contributed by atoms with Crippen LogP contribution in [0.5, 0.6) is 17.2 Å². The summed E-state index contributed by atoms with van der Waals surface area (Å²) in [5.41, 5.74) is 5.95. The zero-order chi connectivity index (χ0) is 26.1. The number of methoxy groups -OCH3 is 2. The topological polar surface area (TPSA) is 68.5 Å². The van der Waals surface area contributed by atoms with Crippen LogP contribution in [0.4, 0.5) is 0 Å². The van der Waals surface area contributed by atoms with E-state index in [0.29, 0.717) is 17.2 Å². The molecule has 1 aromatic heterocycles. The van der Waals surface area contributed by atoms with Gasteiger partial charge in [0.2, 0.25) is 6.10 Å². The smallest absolute Gasteiger partial charge is 0.212 e. The highest BCUT2D eigenvalue weighted by atomic mass is 16.6. The van der Waals surface area contributed by atoms with E-state index in [9.17, 15) is 5.11 Å². The summed E-state index contributed by atoms with van der Waals surface area (Å²) in [4.78, 5) is 8.14. The normalized spacial score (nSPS) is 13.9. The molecule has 1 atom stereocenters. The first-order valence-corrected chi connectivity index (χ1v) is 12.0. The fourth-order valence-electron chi connectivity index (χ4n) is 4.83. The van der Waals surface area contributed by atoms with Gasteiger partial charge in [-0.05, 0) is 38.4 Å². The number of terminal acetylenes is 1. The maximum Gasteiger partial charge on any atom is 0.212 e. The summed E-state index contributed by atoms with van der Waals surface area (Å²) in [6.07, 6.45) is 5.16. The zero-order valence-electron chi connectivity index (χ0n) is 21.4. The lowest BCUT2D eigenvalue weighted by molar-refractivity contribution is 0.100. The first-order valence-electron chi connectivity index (χ1n) is 12.0. The number of aromatic nitrogens is 1. The van der Waals surface area contributed by atoms with Gasteiger partial charge >= 0.3 is 0 Å². The number of oxime groups is 1. The van der Waals surface area contributed by atoms with Crippen molar-refractivity contribution in [1.29, 1.82) is 0 Å². The van der Waals surface area contributed by atoms with Crippen LogP contribution in [0.3, 0.4) is 0 Å². The summed E-state index contributed by atoms with van der Waals surface area (Å²) in [5, 5.41) is 15.9. The number of likely N-dealkylation sites (N-methyl/N-ethyl adjacent to an activating group) is 1. The van der Waals surface area contributed by atoms with Gasteiger partial charge in [-0.3, -0.25) is 0 Å². The minimum atomic E-state index is -0.666. The number of rotatable bonds is 8. The molecule has 7 heteroatoms. The number of benzene rings is 3. The van der Waals surface area contributed by atoms with Gasteiger partial charge < -0.3 is 28.9 Å². The van der Waals surface area contributed by atoms with Gasteiger partial charge in [0.15, 0.2) is 0 Å². The number of nitrogens with zero attached hydrogens (tertiary/aromatic N) is 3. The highest BCUT2D eigenvalue weighted by Gasteiger charge is 2.36. The molecule has 0 radical (unpaired) electrons. The minimum absolute atomic E-state index is 0.173. The predicted molar refractivity (Wildman–Crippen MR) is 145 cm³/mol. The van der Waals surface area contributed by atoms with Gasteiger partial charge in [0.05, 0.1) is 25.5 Å². The fourth-order valence-corrected chi connectivity index (χ4v) is 4.83. The van der Waals surface area contributed by atoms with E-state index in [1.807, 2.05) is 62.6 Å². The third kappa shape index (κ3) is 4.26. The Labute approximate surface area is 216 Å². The highest BCUT2D eigenvalue weighted by molar-refractivity contribution is 6.31. The van der Waals surface area contributed by atoms with Crippen LogP contribution in [0.25, 0.3) is 22.2 Å². The fraction of sp³-hybridized carbons (Fsp3) is 0.233. The second kappa shape index (κ2) is 9.92. The first-order chi connectivity index (χ1) is 18.0. The average Bonchev–Trinajstić information content (AvgIpc) is 3.40. The van der Waals surface area contributed by atoms with Crippen LogP contribution in [-0.4, -0.2) is 55.1 Å². The van der Waals surface area contributed by atoms with Gasteiger partial charge in [-0.15, -0.1) is 6.42 Å². The molecule has 4 aromatic rings. The molecular weight excluding hydrogens is 466 g/mol. The summed E-state index contributed by atoms with van der Waals surface area (Å²) in [6.45, 7) is 1.55. The van der Waals surface area contributed by atoms with E-state index in [-0.39, 0.29) is 5.75 Å². The molecule has 0 fully saturated rings. The lowest BCUT2D eigenvalue weighted by Crippen LogP contribution is -2.18. The maximum atomic E-state index is 10.4. The summed E-state index contributed by atoms with van der Waals surface area (Å²) in [7, 11) is 7.34. The number of hydrogen-bond donors (Lipinski definition) is 1. The van der Waals surface area contributed by atoms with Crippen molar-refractivity contribution in [2.24, 2.45) is 5.16 Å². The molecule has 7 nitrogen and oxygen atoms in total. The molecule has 1 aliphatic rings. The molecule has 5 rings (SSSR count). The van der Waals surface area contributed by atoms with E-state index >= 15 is 0 Å². The molecule has 0 amide bonds. The Morgan fingerprint density at radius 3 is 2.49 bits per heavy atom. The molecule has 1 N–H and O–H groups in total. The molecule has 1 aliphatic carbocycles. The van der Waals surface area contributed by atoms with E-state index in [4.69, 9.17) is 20.7 Å². The lowest BCUT2D eigenvalue weighted by Gasteiger charge is -2.16. The summed E-state index contributed by atoms with van der Waals surface area (Å²) >= 11 is 0. The number of phenolic OH excluding ortho intramolecular Hbond substituents is 1. The lowest BCUT2D eigenvalue weighted by atomic mass is 10.0. The number of ether oxygens (including phenoxy) is 2. The van der Waals surface area contributed by atoms with Crippen molar-refractivity contribution in [2.45, 2.75) is 12.6 Å². The molecular formula is C30H29N3O4. The molecule has 0 saturated heterocycles. The van der Waals surface area contributed by atoms with Crippen molar-refractivity contribution in [1.82, 2.24) is 9.47 Å². The SMILES string of the molecule is C#CC(O/N=C1\c2c(OC)cc(OC)cc2-c2c1c1cc(O)ccc1n2CCN(C)C)c1ccccc1. The van der Waals surface area contributed by atoms with E-state index in [2.05, 4.69) is 20.5 Å². The Hall–Kier alpha value is -4.41. The van der Waals surface area contributed by atoms with Gasteiger partial charge in [-0.25, -0.2) is 0 Å². The van der Waals surface area contributed by atoms with Gasteiger partial charge in [-0.1, -0.05) is 41.4 Å². The molecule has 1 unspecified atom stereocenters. The van der Waals surface area contributed by atoms with Crippen molar-refractivity contribution in [3.8, 4) is 40.8 Å². The zero-order valence-corrected chi connectivity index (χ0v) is 21.4. The van der Waals surface area contributed by atoms with Gasteiger partial charge in [0.25, 0.3) is 0 Å². The molecule has 1 heterocycles. The number of fused-ring (bicyclic) bond motifs is 5.